The normalized spacial score (nSPS) is 16.2. The number of fused-ring (bicyclic) bond motifs is 1. The monoisotopic (exact) mass is 284 g/mol. The molecule has 0 aliphatic heterocycles. The van der Waals surface area contributed by atoms with Crippen LogP contribution in [0.25, 0.3) is 0 Å². The number of aryl methyl sites for hydroxylation is 2. The van der Waals surface area contributed by atoms with Crippen LogP contribution < -0.4 is 11.1 Å². The number of nitrogens with one attached hydrogen (secondary N) is 1. The maximum atomic E-state index is 12.3. The summed E-state index contributed by atoms with van der Waals surface area (Å²) < 4.78 is 1.57. The largest absolute Gasteiger partial charge is 0.395 e. The standard InChI is InChI=1S/C16H20N4O/c1-3-13-14(17)15(20(2)19-13)16(21)18-9-11-8-10-6-4-5-7-12(10)11/h4-7,11H,3,8-9,17H2,1-2H3,(H,18,21). The predicted octanol–water partition coefficient (Wildman–Crippen LogP) is 1.63. The predicted molar refractivity (Wildman–Crippen MR) is 82.2 cm³/mol. The Hall–Kier alpha value is -2.30. The van der Waals surface area contributed by atoms with Gasteiger partial charge in [-0.3, -0.25) is 9.48 Å². The van der Waals surface area contributed by atoms with Gasteiger partial charge in [0, 0.05) is 19.5 Å². The molecule has 1 aromatic heterocycles. The van der Waals surface area contributed by atoms with Gasteiger partial charge in [0.2, 0.25) is 0 Å². The van der Waals surface area contributed by atoms with Gasteiger partial charge < -0.3 is 11.1 Å². The van der Waals surface area contributed by atoms with Crippen LogP contribution in [0.1, 0.15) is 40.2 Å². The van der Waals surface area contributed by atoms with Crippen molar-refractivity contribution in [3.8, 4) is 0 Å². The van der Waals surface area contributed by atoms with Gasteiger partial charge in [-0.2, -0.15) is 5.10 Å². The topological polar surface area (TPSA) is 72.9 Å². The van der Waals surface area contributed by atoms with Crippen LogP contribution in [-0.2, 0) is 19.9 Å². The summed E-state index contributed by atoms with van der Waals surface area (Å²) in [6.07, 6.45) is 1.75. The van der Waals surface area contributed by atoms with E-state index >= 15 is 0 Å². The quantitative estimate of drug-likeness (QED) is 0.896. The number of hydrogen-bond donors (Lipinski definition) is 2. The van der Waals surface area contributed by atoms with Crippen molar-refractivity contribution in [2.75, 3.05) is 12.3 Å². The molecule has 5 heteroatoms. The molecule has 0 fully saturated rings. The van der Waals surface area contributed by atoms with Crippen LogP contribution in [0.2, 0.25) is 0 Å². The van der Waals surface area contributed by atoms with Crippen LogP contribution in [-0.4, -0.2) is 22.2 Å². The van der Waals surface area contributed by atoms with E-state index in [0.29, 0.717) is 23.8 Å². The highest BCUT2D eigenvalue weighted by molar-refractivity contribution is 5.98. The van der Waals surface area contributed by atoms with Gasteiger partial charge in [0.05, 0.1) is 11.4 Å². The van der Waals surface area contributed by atoms with E-state index in [9.17, 15) is 4.79 Å². The van der Waals surface area contributed by atoms with Gasteiger partial charge in [-0.1, -0.05) is 31.2 Å². The SMILES string of the molecule is CCc1nn(C)c(C(=O)NCC2Cc3ccccc32)c1N. The number of benzene rings is 1. The van der Waals surface area contributed by atoms with Crippen LogP contribution >= 0.6 is 0 Å². The third kappa shape index (κ3) is 2.28. The average molecular weight is 284 g/mol. The van der Waals surface area contributed by atoms with Gasteiger partial charge in [-0.05, 0) is 24.0 Å². The molecule has 1 amide bonds. The summed E-state index contributed by atoms with van der Waals surface area (Å²) in [6, 6.07) is 8.36. The highest BCUT2D eigenvalue weighted by atomic mass is 16.2. The molecule has 0 saturated heterocycles. The van der Waals surface area contributed by atoms with Crippen LogP contribution in [0.4, 0.5) is 5.69 Å². The molecular weight excluding hydrogens is 264 g/mol. The summed E-state index contributed by atoms with van der Waals surface area (Å²) in [4.78, 5) is 12.3. The lowest BCUT2D eigenvalue weighted by molar-refractivity contribution is 0.0941. The third-order valence-corrected chi connectivity index (χ3v) is 4.18. The third-order valence-electron chi connectivity index (χ3n) is 4.18. The number of carbonyl (C=O) groups excluding carboxylic acids is 1. The summed E-state index contributed by atoms with van der Waals surface area (Å²) in [7, 11) is 1.75. The smallest absolute Gasteiger partial charge is 0.271 e. The number of nitrogens with zero attached hydrogens (tertiary/aromatic N) is 2. The van der Waals surface area contributed by atoms with Crippen molar-refractivity contribution in [1.29, 1.82) is 0 Å². The molecular formula is C16H20N4O. The van der Waals surface area contributed by atoms with Crippen molar-refractivity contribution in [3.63, 3.8) is 0 Å². The fourth-order valence-corrected chi connectivity index (χ4v) is 2.97. The Labute approximate surface area is 124 Å². The molecule has 110 valence electrons. The summed E-state index contributed by atoms with van der Waals surface area (Å²) in [5, 5.41) is 7.26. The average Bonchev–Trinajstić information content (AvgIpc) is 2.74. The Kier molecular flexibility index (Phi) is 3.41. The highest BCUT2D eigenvalue weighted by Crippen LogP contribution is 2.34. The van der Waals surface area contributed by atoms with Gasteiger partial charge in [0.1, 0.15) is 5.69 Å². The van der Waals surface area contributed by atoms with E-state index in [1.807, 2.05) is 13.0 Å². The summed E-state index contributed by atoms with van der Waals surface area (Å²) in [5.41, 5.74) is 10.4. The Balaban J connectivity index is 1.67. The molecule has 2 aromatic rings. The molecule has 1 unspecified atom stereocenters. The second kappa shape index (κ2) is 5.24. The van der Waals surface area contributed by atoms with Crippen molar-refractivity contribution in [3.05, 3.63) is 46.8 Å². The Morgan fingerprint density at radius 2 is 2.24 bits per heavy atom. The van der Waals surface area contributed by atoms with Gasteiger partial charge in [0.25, 0.3) is 5.91 Å². The van der Waals surface area contributed by atoms with Crippen molar-refractivity contribution < 1.29 is 4.79 Å². The maximum Gasteiger partial charge on any atom is 0.271 e. The number of anilines is 1. The number of nitrogen functional groups attached to an aromatic ring is 1. The zero-order valence-electron chi connectivity index (χ0n) is 12.4. The van der Waals surface area contributed by atoms with E-state index in [1.165, 1.54) is 11.1 Å². The van der Waals surface area contributed by atoms with Crippen molar-refractivity contribution in [2.24, 2.45) is 7.05 Å². The zero-order chi connectivity index (χ0) is 15.0. The second-order valence-corrected chi connectivity index (χ2v) is 5.50. The Morgan fingerprint density at radius 3 is 2.90 bits per heavy atom. The van der Waals surface area contributed by atoms with E-state index in [2.05, 4.69) is 28.6 Å². The number of rotatable bonds is 4. The Bertz CT molecular complexity index is 690. The number of amides is 1. The molecule has 1 aliphatic carbocycles. The minimum Gasteiger partial charge on any atom is -0.395 e. The molecule has 0 bridgehead atoms. The second-order valence-electron chi connectivity index (χ2n) is 5.50. The summed E-state index contributed by atoms with van der Waals surface area (Å²) in [5.74, 6) is 0.261. The van der Waals surface area contributed by atoms with Crippen molar-refractivity contribution in [2.45, 2.75) is 25.7 Å². The van der Waals surface area contributed by atoms with E-state index < -0.39 is 0 Å². The fraction of sp³-hybridized carbons (Fsp3) is 0.375. The highest BCUT2D eigenvalue weighted by Gasteiger charge is 2.26. The number of hydrogen-bond acceptors (Lipinski definition) is 3. The fourth-order valence-electron chi connectivity index (χ4n) is 2.97. The lowest BCUT2D eigenvalue weighted by Crippen LogP contribution is -2.34. The van der Waals surface area contributed by atoms with Gasteiger partial charge in [-0.15, -0.1) is 0 Å². The van der Waals surface area contributed by atoms with Gasteiger partial charge in [0.15, 0.2) is 0 Å². The molecule has 0 spiro atoms. The molecule has 3 N–H and O–H groups in total. The summed E-state index contributed by atoms with van der Waals surface area (Å²) in [6.45, 7) is 2.62. The molecule has 1 aromatic carbocycles. The molecule has 0 radical (unpaired) electrons. The summed E-state index contributed by atoms with van der Waals surface area (Å²) >= 11 is 0. The molecule has 1 heterocycles. The van der Waals surface area contributed by atoms with Crippen LogP contribution in [0.5, 0.6) is 0 Å². The number of nitrogens with two attached hydrogens (primary N) is 1. The van der Waals surface area contributed by atoms with Crippen LogP contribution in [0.3, 0.4) is 0 Å². The van der Waals surface area contributed by atoms with Crippen molar-refractivity contribution in [1.82, 2.24) is 15.1 Å². The van der Waals surface area contributed by atoms with Gasteiger partial charge >= 0.3 is 0 Å². The zero-order valence-corrected chi connectivity index (χ0v) is 12.4. The lowest BCUT2D eigenvalue weighted by atomic mass is 9.77. The maximum absolute atomic E-state index is 12.3. The van der Waals surface area contributed by atoms with Crippen LogP contribution in [0.15, 0.2) is 24.3 Å². The molecule has 21 heavy (non-hydrogen) atoms. The molecule has 1 aliphatic rings. The van der Waals surface area contributed by atoms with E-state index in [1.54, 1.807) is 11.7 Å². The van der Waals surface area contributed by atoms with Crippen molar-refractivity contribution >= 4 is 11.6 Å². The molecule has 3 rings (SSSR count). The number of aromatic nitrogens is 2. The first-order chi connectivity index (χ1) is 10.1. The minimum absolute atomic E-state index is 0.147. The van der Waals surface area contributed by atoms with Crippen LogP contribution in [0, 0.1) is 0 Å². The first-order valence-electron chi connectivity index (χ1n) is 7.29. The minimum atomic E-state index is -0.147. The molecule has 5 nitrogen and oxygen atoms in total. The van der Waals surface area contributed by atoms with Gasteiger partial charge in [-0.25, -0.2) is 0 Å². The lowest BCUT2D eigenvalue weighted by Gasteiger charge is -2.30. The Morgan fingerprint density at radius 1 is 1.48 bits per heavy atom. The molecule has 0 saturated carbocycles. The first-order valence-corrected chi connectivity index (χ1v) is 7.29. The number of carbonyl (C=O) groups is 1. The van der Waals surface area contributed by atoms with E-state index in [-0.39, 0.29) is 5.91 Å². The first kappa shape index (κ1) is 13.7. The molecule has 1 atom stereocenters. The van der Waals surface area contributed by atoms with E-state index in [0.717, 1.165) is 18.5 Å². The van der Waals surface area contributed by atoms with E-state index in [4.69, 9.17) is 5.73 Å².